The molecule has 116 valence electrons. The van der Waals surface area contributed by atoms with Crippen LogP contribution in [0.5, 0.6) is 0 Å². The van der Waals surface area contributed by atoms with Crippen LogP contribution in [-0.4, -0.2) is 0 Å². The van der Waals surface area contributed by atoms with E-state index in [0.717, 1.165) is 33.4 Å². The molecule has 0 radical (unpaired) electrons. The van der Waals surface area contributed by atoms with E-state index in [9.17, 15) is 0 Å². The van der Waals surface area contributed by atoms with Crippen LogP contribution in [0.25, 0.3) is 11.3 Å². The van der Waals surface area contributed by atoms with E-state index in [4.69, 9.17) is 20.4 Å². The maximum atomic E-state index is 6.15. The van der Waals surface area contributed by atoms with E-state index in [0.29, 0.717) is 13.1 Å². The molecule has 0 bridgehead atoms. The lowest BCUT2D eigenvalue weighted by Gasteiger charge is -2.02. The first-order chi connectivity index (χ1) is 10.2. The van der Waals surface area contributed by atoms with E-state index in [1.807, 2.05) is 49.4 Å². The summed E-state index contributed by atoms with van der Waals surface area (Å²) in [5, 5.41) is 4.03. The first kappa shape index (κ1) is 16.7. The highest BCUT2D eigenvalue weighted by molar-refractivity contribution is 6.31. The van der Waals surface area contributed by atoms with Crippen LogP contribution < -0.4 is 5.32 Å². The molecule has 3 rings (SSSR count). The summed E-state index contributed by atoms with van der Waals surface area (Å²) in [5.74, 6) is 2.62. The normalized spacial score (nSPS) is 10.5. The molecule has 0 spiro atoms. The van der Waals surface area contributed by atoms with E-state index in [2.05, 4.69) is 5.32 Å². The van der Waals surface area contributed by atoms with E-state index in [1.54, 1.807) is 6.26 Å². The van der Waals surface area contributed by atoms with Crippen LogP contribution in [0.15, 0.2) is 57.6 Å². The van der Waals surface area contributed by atoms with E-state index < -0.39 is 0 Å². The van der Waals surface area contributed by atoms with Gasteiger partial charge in [-0.25, -0.2) is 0 Å². The Balaban J connectivity index is 0.00000176. The highest BCUT2D eigenvalue weighted by Crippen LogP contribution is 2.26. The molecule has 0 saturated heterocycles. The van der Waals surface area contributed by atoms with Gasteiger partial charge in [-0.3, -0.25) is 0 Å². The zero-order valence-electron chi connectivity index (χ0n) is 12.1. The topological polar surface area (TPSA) is 38.3 Å². The van der Waals surface area contributed by atoms with Crippen LogP contribution >= 0.6 is 24.0 Å². The van der Waals surface area contributed by atoms with Crippen molar-refractivity contribution < 1.29 is 8.83 Å². The Morgan fingerprint density at radius 2 is 1.86 bits per heavy atom. The Morgan fingerprint density at radius 3 is 2.59 bits per heavy atom. The Morgan fingerprint density at radius 1 is 1.05 bits per heavy atom. The Hall–Kier alpha value is -1.68. The van der Waals surface area contributed by atoms with Gasteiger partial charge in [-0.15, -0.1) is 12.4 Å². The maximum absolute atomic E-state index is 6.15. The van der Waals surface area contributed by atoms with Crippen molar-refractivity contribution in [3.05, 3.63) is 70.8 Å². The molecule has 3 nitrogen and oxygen atoms in total. The maximum Gasteiger partial charge on any atom is 0.134 e. The monoisotopic (exact) mass is 337 g/mol. The first-order valence-electron chi connectivity index (χ1n) is 6.81. The lowest BCUT2D eigenvalue weighted by Crippen LogP contribution is -2.11. The van der Waals surface area contributed by atoms with Gasteiger partial charge in [-0.05, 0) is 42.8 Å². The molecule has 0 fully saturated rings. The molecule has 0 amide bonds. The predicted molar refractivity (Wildman–Crippen MR) is 90.4 cm³/mol. The summed E-state index contributed by atoms with van der Waals surface area (Å²) in [6, 6.07) is 13.7. The number of rotatable bonds is 5. The smallest absolute Gasteiger partial charge is 0.134 e. The zero-order chi connectivity index (χ0) is 14.7. The van der Waals surface area contributed by atoms with Crippen LogP contribution in [0.2, 0.25) is 5.02 Å². The zero-order valence-corrected chi connectivity index (χ0v) is 13.7. The third kappa shape index (κ3) is 3.95. The number of nitrogens with one attached hydrogen (secondary N) is 1. The second kappa shape index (κ2) is 7.54. The standard InChI is InChI=1S/C17H16ClNO2.ClH/c1-12-4-5-13(9-16(12)18)17-7-6-15(21-17)11-19-10-14-3-2-8-20-14;/h2-9,19H,10-11H2,1H3;1H. The molecule has 0 saturated carbocycles. The average molecular weight is 338 g/mol. The second-order valence-electron chi connectivity index (χ2n) is 4.91. The van der Waals surface area contributed by atoms with Gasteiger partial charge in [0.15, 0.2) is 0 Å². The molecule has 5 heteroatoms. The minimum Gasteiger partial charge on any atom is -0.468 e. The van der Waals surface area contributed by atoms with Gasteiger partial charge >= 0.3 is 0 Å². The molecule has 0 atom stereocenters. The number of halogens is 2. The van der Waals surface area contributed by atoms with Gasteiger partial charge in [-0.1, -0.05) is 23.7 Å². The number of aryl methyl sites for hydroxylation is 1. The fraction of sp³-hybridized carbons (Fsp3) is 0.176. The summed E-state index contributed by atoms with van der Waals surface area (Å²) in [5.41, 5.74) is 2.05. The van der Waals surface area contributed by atoms with Gasteiger partial charge < -0.3 is 14.2 Å². The quantitative estimate of drug-likeness (QED) is 0.694. The van der Waals surface area contributed by atoms with E-state index in [1.165, 1.54) is 0 Å². The van der Waals surface area contributed by atoms with Crippen molar-refractivity contribution in [3.8, 4) is 11.3 Å². The fourth-order valence-electron chi connectivity index (χ4n) is 2.10. The number of furan rings is 2. The van der Waals surface area contributed by atoms with Crippen molar-refractivity contribution in [1.29, 1.82) is 0 Å². The lowest BCUT2D eigenvalue weighted by atomic mass is 10.1. The van der Waals surface area contributed by atoms with Crippen molar-refractivity contribution in [2.75, 3.05) is 0 Å². The minimum atomic E-state index is 0. The molecule has 2 aromatic heterocycles. The highest BCUT2D eigenvalue weighted by atomic mass is 35.5. The van der Waals surface area contributed by atoms with Crippen LogP contribution in [0, 0.1) is 6.92 Å². The molecule has 1 aromatic carbocycles. The summed E-state index contributed by atoms with van der Waals surface area (Å²) in [6.45, 7) is 3.32. The van der Waals surface area contributed by atoms with Crippen molar-refractivity contribution in [1.82, 2.24) is 5.32 Å². The summed E-state index contributed by atoms with van der Waals surface area (Å²) < 4.78 is 11.1. The third-order valence-corrected chi connectivity index (χ3v) is 3.70. The van der Waals surface area contributed by atoms with E-state index in [-0.39, 0.29) is 12.4 Å². The Kier molecular flexibility index (Phi) is 5.72. The molecular formula is C17H17Cl2NO2. The van der Waals surface area contributed by atoms with Crippen LogP contribution in [0.1, 0.15) is 17.1 Å². The molecular weight excluding hydrogens is 321 g/mol. The first-order valence-corrected chi connectivity index (χ1v) is 7.18. The fourth-order valence-corrected chi connectivity index (χ4v) is 2.28. The SMILES string of the molecule is Cc1ccc(-c2ccc(CNCc3ccco3)o2)cc1Cl.Cl. The molecule has 1 N–H and O–H groups in total. The average Bonchev–Trinajstić information content (AvgIpc) is 3.13. The molecule has 0 unspecified atom stereocenters. The third-order valence-electron chi connectivity index (χ3n) is 3.30. The van der Waals surface area contributed by atoms with Gasteiger partial charge in [0.05, 0.1) is 19.4 Å². The molecule has 3 aromatic rings. The van der Waals surface area contributed by atoms with Crippen LogP contribution in [-0.2, 0) is 13.1 Å². The molecule has 22 heavy (non-hydrogen) atoms. The number of benzene rings is 1. The van der Waals surface area contributed by atoms with Gasteiger partial charge in [0.25, 0.3) is 0 Å². The van der Waals surface area contributed by atoms with Gasteiger partial charge in [0.2, 0.25) is 0 Å². The summed E-state index contributed by atoms with van der Waals surface area (Å²) in [4.78, 5) is 0. The summed E-state index contributed by atoms with van der Waals surface area (Å²) >= 11 is 6.15. The minimum absolute atomic E-state index is 0. The predicted octanol–water partition coefficient (Wildman–Crippen LogP) is 5.21. The van der Waals surface area contributed by atoms with E-state index >= 15 is 0 Å². The molecule has 2 heterocycles. The number of hydrogen-bond acceptors (Lipinski definition) is 3. The highest BCUT2D eigenvalue weighted by Gasteiger charge is 2.06. The number of hydrogen-bond donors (Lipinski definition) is 1. The molecule has 0 aliphatic rings. The second-order valence-corrected chi connectivity index (χ2v) is 5.32. The summed E-state index contributed by atoms with van der Waals surface area (Å²) in [6.07, 6.45) is 1.67. The van der Waals surface area contributed by atoms with Crippen molar-refractivity contribution in [3.63, 3.8) is 0 Å². The van der Waals surface area contributed by atoms with Gasteiger partial charge in [-0.2, -0.15) is 0 Å². The van der Waals surface area contributed by atoms with Gasteiger partial charge in [0, 0.05) is 10.6 Å². The van der Waals surface area contributed by atoms with Crippen LogP contribution in [0.4, 0.5) is 0 Å². The van der Waals surface area contributed by atoms with Gasteiger partial charge in [0.1, 0.15) is 17.3 Å². The molecule has 0 aliphatic carbocycles. The Bertz CT molecular complexity index is 720. The van der Waals surface area contributed by atoms with Crippen molar-refractivity contribution >= 4 is 24.0 Å². The molecule has 0 aliphatic heterocycles. The van der Waals surface area contributed by atoms with Crippen molar-refractivity contribution in [2.45, 2.75) is 20.0 Å². The van der Waals surface area contributed by atoms with Crippen molar-refractivity contribution in [2.24, 2.45) is 0 Å². The summed E-state index contributed by atoms with van der Waals surface area (Å²) in [7, 11) is 0. The Labute approximate surface area is 140 Å². The largest absolute Gasteiger partial charge is 0.468 e. The lowest BCUT2D eigenvalue weighted by molar-refractivity contribution is 0.455. The van der Waals surface area contributed by atoms with Crippen LogP contribution in [0.3, 0.4) is 0 Å².